The topological polar surface area (TPSA) is 26.3 Å². The van der Waals surface area contributed by atoms with Crippen LogP contribution >= 0.6 is 0 Å². The summed E-state index contributed by atoms with van der Waals surface area (Å²) in [6.07, 6.45) is 0. The Balaban J connectivity index is 1.15. The smallest absolute Gasteiger partial charge is 0.136 e. The molecule has 2 heterocycles. The van der Waals surface area contributed by atoms with Crippen molar-refractivity contribution in [3.63, 3.8) is 0 Å². The molecule has 11 rings (SSSR count). The van der Waals surface area contributed by atoms with Gasteiger partial charge in [-0.05, 0) is 108 Å². The van der Waals surface area contributed by atoms with E-state index in [-0.39, 0.29) is 32.7 Å². The maximum atomic E-state index is 9.25. The molecule has 9 aromatic carbocycles. The van der Waals surface area contributed by atoms with Crippen molar-refractivity contribution in [3.8, 4) is 33.4 Å². The Bertz CT molecular complexity index is 3800. The molecule has 0 saturated heterocycles. The molecule has 0 spiro atoms. The lowest BCUT2D eigenvalue weighted by molar-refractivity contribution is 0.663. The number of furan rings is 2. The van der Waals surface area contributed by atoms with Crippen molar-refractivity contribution in [2.75, 3.05) is 0 Å². The van der Waals surface area contributed by atoms with Gasteiger partial charge in [-0.3, -0.25) is 0 Å². The highest BCUT2D eigenvalue weighted by Crippen LogP contribution is 2.45. The van der Waals surface area contributed by atoms with Crippen LogP contribution in [-0.4, -0.2) is 0 Å². The molecular weight excluding hydrogens is 609 g/mol. The molecular formula is C48H28O2. The zero-order valence-electron chi connectivity index (χ0n) is 39.0. The van der Waals surface area contributed by atoms with Crippen LogP contribution in [0, 0.1) is 0 Å². The number of benzene rings is 9. The van der Waals surface area contributed by atoms with Crippen LogP contribution in [0.25, 0.3) is 110 Å². The van der Waals surface area contributed by atoms with Crippen molar-refractivity contribution < 1.29 is 26.7 Å². The van der Waals surface area contributed by atoms with Crippen LogP contribution < -0.4 is 0 Å². The van der Waals surface area contributed by atoms with Gasteiger partial charge >= 0.3 is 0 Å². The standard InChI is InChI=1S/C48H28O2/c1-2-10-29(11-3-1)45-35-12-4-6-14-37(35)46(38-15-7-5-13-36(38)45)34-21-20-30-26-31(18-19-32(30)27-34)33-22-23-40-44(28-33)50-43-25-24-42-47(48(40)43)39-16-8-9-17-41(39)49-42/h1-28H/i1D,2D,3D,4D,5D,6D,7D,10D,11D,12D,13D,14D,15D. The second-order valence-electron chi connectivity index (χ2n) is 12.2. The van der Waals surface area contributed by atoms with E-state index in [1.807, 2.05) is 78.9 Å². The van der Waals surface area contributed by atoms with E-state index in [1.165, 1.54) is 0 Å². The Morgan fingerprint density at radius 2 is 0.840 bits per heavy atom. The van der Waals surface area contributed by atoms with Gasteiger partial charge < -0.3 is 8.83 Å². The van der Waals surface area contributed by atoms with E-state index < -0.39 is 84.1 Å². The minimum atomic E-state index is -0.714. The molecule has 0 atom stereocenters. The normalized spacial score (nSPS) is 15.6. The van der Waals surface area contributed by atoms with Crippen molar-refractivity contribution in [2.45, 2.75) is 0 Å². The van der Waals surface area contributed by atoms with Gasteiger partial charge in [-0.2, -0.15) is 0 Å². The SMILES string of the molecule is [2H]c1c([2H])c([2H])c(-c2c3c([2H])c([2H])c([2H])c([2H])c3c(-c3ccc4cc(-c5ccc6c(c5)oc5ccc7oc8ccccc8c7c56)ccc4c3)c3c([2H])c([2H])c([2H])c([2H])c23)c([2H])c1[2H]. The first-order chi connectivity index (χ1) is 30.2. The van der Waals surface area contributed by atoms with Gasteiger partial charge in [0.15, 0.2) is 0 Å². The zero-order valence-corrected chi connectivity index (χ0v) is 26.0. The molecule has 0 bridgehead atoms. The van der Waals surface area contributed by atoms with E-state index in [9.17, 15) is 5.48 Å². The van der Waals surface area contributed by atoms with Crippen LogP contribution in [0.3, 0.4) is 0 Å². The predicted octanol–water partition coefficient (Wildman–Crippen LogP) is 13.9. The summed E-state index contributed by atoms with van der Waals surface area (Å²) in [5, 5.41) is 4.69. The number of rotatable bonds is 3. The lowest BCUT2D eigenvalue weighted by atomic mass is 9.85. The molecule has 0 saturated carbocycles. The molecule has 0 aliphatic carbocycles. The fourth-order valence-corrected chi connectivity index (χ4v) is 7.38. The van der Waals surface area contributed by atoms with Crippen molar-refractivity contribution in [3.05, 3.63) is 170 Å². The first-order valence-electron chi connectivity index (χ1n) is 22.5. The first kappa shape index (κ1) is 17.7. The molecule has 0 unspecified atom stereocenters. The molecule has 0 radical (unpaired) electrons. The zero-order chi connectivity index (χ0) is 44.1. The number of hydrogen-bond donors (Lipinski definition) is 0. The minimum Gasteiger partial charge on any atom is -0.456 e. The summed E-state index contributed by atoms with van der Waals surface area (Å²) in [5.74, 6) is 0. The average Bonchev–Trinajstić information content (AvgIpc) is 3.87. The maximum Gasteiger partial charge on any atom is 0.136 e. The second kappa shape index (κ2) is 10.4. The van der Waals surface area contributed by atoms with Crippen LogP contribution in [0.5, 0.6) is 0 Å². The van der Waals surface area contributed by atoms with E-state index in [0.29, 0.717) is 16.5 Å². The van der Waals surface area contributed by atoms with Crippen LogP contribution in [-0.2, 0) is 0 Å². The summed E-state index contributed by atoms with van der Waals surface area (Å²) in [5.41, 5.74) is 4.49. The molecule has 0 N–H and O–H groups in total. The van der Waals surface area contributed by atoms with Gasteiger partial charge in [-0.1, -0.05) is 127 Å². The Morgan fingerprint density at radius 3 is 1.52 bits per heavy atom. The highest BCUT2D eigenvalue weighted by molar-refractivity contribution is 6.26. The van der Waals surface area contributed by atoms with E-state index in [2.05, 4.69) is 0 Å². The summed E-state index contributed by atoms with van der Waals surface area (Å²) >= 11 is 0. The first-order valence-corrected chi connectivity index (χ1v) is 16.0. The Kier molecular flexibility index (Phi) is 3.68. The highest BCUT2D eigenvalue weighted by Gasteiger charge is 2.18. The summed E-state index contributed by atoms with van der Waals surface area (Å²) in [4.78, 5) is 0. The summed E-state index contributed by atoms with van der Waals surface area (Å²) in [7, 11) is 0. The predicted molar refractivity (Wildman–Crippen MR) is 210 cm³/mol. The van der Waals surface area contributed by atoms with Gasteiger partial charge in [0.1, 0.15) is 22.3 Å². The molecule has 0 fully saturated rings. The average molecular weight is 650 g/mol. The van der Waals surface area contributed by atoms with Crippen LogP contribution in [0.2, 0.25) is 0 Å². The van der Waals surface area contributed by atoms with Gasteiger partial charge in [-0.15, -0.1) is 0 Å². The minimum absolute atomic E-state index is 0.0796. The molecule has 50 heavy (non-hydrogen) atoms. The largest absolute Gasteiger partial charge is 0.456 e. The van der Waals surface area contributed by atoms with Crippen molar-refractivity contribution in [1.82, 2.24) is 0 Å². The second-order valence-corrected chi connectivity index (χ2v) is 12.2. The van der Waals surface area contributed by atoms with E-state index in [0.717, 1.165) is 54.8 Å². The van der Waals surface area contributed by atoms with Crippen LogP contribution in [0.4, 0.5) is 0 Å². The summed E-state index contributed by atoms with van der Waals surface area (Å²) in [6.45, 7) is 0. The van der Waals surface area contributed by atoms with Crippen LogP contribution in [0.15, 0.2) is 178 Å². The number of fused-ring (bicyclic) bond motifs is 10. The lowest BCUT2D eigenvalue weighted by Gasteiger charge is -2.18. The molecule has 11 aromatic rings. The molecule has 0 aliphatic heterocycles. The quantitative estimate of drug-likeness (QED) is 0.178. The third-order valence-electron chi connectivity index (χ3n) is 9.56. The number of para-hydroxylation sites is 1. The fourth-order valence-electron chi connectivity index (χ4n) is 7.38. The lowest BCUT2D eigenvalue weighted by Crippen LogP contribution is -1.90. The summed E-state index contributed by atoms with van der Waals surface area (Å²) < 4.78 is 127. The monoisotopic (exact) mass is 649 g/mol. The Labute approximate surface area is 305 Å². The molecule has 2 aromatic heterocycles. The van der Waals surface area contributed by atoms with Crippen LogP contribution in [0.1, 0.15) is 17.8 Å². The van der Waals surface area contributed by atoms with Gasteiger partial charge in [-0.25, -0.2) is 0 Å². The van der Waals surface area contributed by atoms with Gasteiger partial charge in [0.2, 0.25) is 0 Å². The Morgan fingerprint density at radius 1 is 0.340 bits per heavy atom. The summed E-state index contributed by atoms with van der Waals surface area (Å²) in [6, 6.07) is 20.7. The maximum absolute atomic E-state index is 9.25. The van der Waals surface area contributed by atoms with Gasteiger partial charge in [0.05, 0.1) is 17.8 Å². The molecule has 0 aliphatic rings. The third kappa shape index (κ3) is 3.96. The molecule has 232 valence electrons. The van der Waals surface area contributed by atoms with Crippen molar-refractivity contribution >= 4 is 76.2 Å². The Hall–Kier alpha value is -6.64. The van der Waals surface area contributed by atoms with Gasteiger partial charge in [0.25, 0.3) is 0 Å². The van der Waals surface area contributed by atoms with E-state index >= 15 is 0 Å². The van der Waals surface area contributed by atoms with Gasteiger partial charge in [0, 0.05) is 21.5 Å². The van der Waals surface area contributed by atoms with E-state index in [4.69, 9.17) is 21.2 Å². The van der Waals surface area contributed by atoms with Crippen molar-refractivity contribution in [1.29, 1.82) is 0 Å². The highest BCUT2D eigenvalue weighted by atomic mass is 16.3. The number of hydrogen-bond acceptors (Lipinski definition) is 2. The molecule has 2 nitrogen and oxygen atoms in total. The molecule has 2 heteroatoms. The van der Waals surface area contributed by atoms with E-state index in [1.54, 1.807) is 12.1 Å². The third-order valence-corrected chi connectivity index (χ3v) is 9.56. The fraction of sp³-hybridized carbons (Fsp3) is 0. The molecule has 0 amide bonds. The van der Waals surface area contributed by atoms with Crippen molar-refractivity contribution in [2.24, 2.45) is 0 Å².